The molecule has 0 aliphatic carbocycles. The van der Waals surface area contributed by atoms with E-state index in [0.29, 0.717) is 19.1 Å². The van der Waals surface area contributed by atoms with E-state index >= 15 is 0 Å². The maximum absolute atomic E-state index is 12.2. The largest absolute Gasteiger partial charge is 0.494 e. The van der Waals surface area contributed by atoms with Crippen LogP contribution in [-0.4, -0.2) is 41.6 Å². The number of piperidine rings is 1. The molecule has 2 N–H and O–H groups in total. The molecule has 3 aromatic rings. The Kier molecular flexibility index (Phi) is 7.78. The molecule has 7 nitrogen and oxygen atoms in total. The summed E-state index contributed by atoms with van der Waals surface area (Å²) in [5.41, 5.74) is 3.25. The summed E-state index contributed by atoms with van der Waals surface area (Å²) in [4.78, 5) is 19.3. The van der Waals surface area contributed by atoms with Gasteiger partial charge in [-0.2, -0.15) is 4.37 Å². The number of benzene rings is 2. The fourth-order valence-electron chi connectivity index (χ4n) is 3.88. The number of ether oxygens (including phenoxy) is 1. The van der Waals surface area contributed by atoms with Crippen molar-refractivity contribution in [3.63, 3.8) is 0 Å². The smallest absolute Gasteiger partial charge is 0.319 e. The number of rotatable bonds is 8. The van der Waals surface area contributed by atoms with E-state index < -0.39 is 0 Å². The standard InChI is InChI=1S/C25H31N5O2S/c1-3-32-22-10-8-21(9-11-22)27-24(31)26-17-20-12-14-30(15-13-20)25-28-23(29-33-25)16-19-6-4-18(2)5-7-19/h4-11,20H,3,12-17H2,1-2H3,(H2,26,27,31). The molecular formula is C25H31N5O2S. The van der Waals surface area contributed by atoms with Gasteiger partial charge < -0.3 is 20.3 Å². The van der Waals surface area contributed by atoms with Crippen LogP contribution in [-0.2, 0) is 6.42 Å². The number of nitrogens with one attached hydrogen (secondary N) is 2. The number of hydrogen-bond acceptors (Lipinski definition) is 6. The van der Waals surface area contributed by atoms with Gasteiger partial charge in [0.1, 0.15) is 11.6 Å². The molecule has 2 aromatic carbocycles. The highest BCUT2D eigenvalue weighted by Crippen LogP contribution is 2.25. The first-order valence-electron chi connectivity index (χ1n) is 11.5. The summed E-state index contributed by atoms with van der Waals surface area (Å²) in [5.74, 6) is 2.15. The van der Waals surface area contributed by atoms with Crippen LogP contribution in [0.2, 0.25) is 0 Å². The number of aryl methyl sites for hydroxylation is 1. The van der Waals surface area contributed by atoms with Crippen LogP contribution in [0.3, 0.4) is 0 Å². The molecule has 0 bridgehead atoms. The third kappa shape index (κ3) is 6.68. The van der Waals surface area contributed by atoms with Crippen LogP contribution >= 0.6 is 11.5 Å². The first-order valence-corrected chi connectivity index (χ1v) is 12.3. The van der Waals surface area contributed by atoms with Crippen molar-refractivity contribution < 1.29 is 9.53 Å². The topological polar surface area (TPSA) is 79.4 Å². The number of carbonyl (C=O) groups excluding carboxylic acids is 1. The maximum Gasteiger partial charge on any atom is 0.319 e. The average Bonchev–Trinajstić information content (AvgIpc) is 3.29. The lowest BCUT2D eigenvalue weighted by atomic mass is 9.97. The van der Waals surface area contributed by atoms with Crippen molar-refractivity contribution in [2.24, 2.45) is 5.92 Å². The van der Waals surface area contributed by atoms with Gasteiger partial charge in [-0.05, 0) is 62.4 Å². The van der Waals surface area contributed by atoms with Gasteiger partial charge in [0.25, 0.3) is 0 Å². The van der Waals surface area contributed by atoms with Crippen molar-refractivity contribution in [3.8, 4) is 5.75 Å². The zero-order chi connectivity index (χ0) is 23.0. The fourth-order valence-corrected chi connectivity index (χ4v) is 4.61. The molecule has 4 rings (SSSR count). The first-order chi connectivity index (χ1) is 16.1. The molecule has 0 spiro atoms. The highest BCUT2D eigenvalue weighted by atomic mass is 32.1. The van der Waals surface area contributed by atoms with E-state index in [-0.39, 0.29) is 6.03 Å². The minimum Gasteiger partial charge on any atom is -0.494 e. The number of amides is 2. The molecule has 8 heteroatoms. The molecule has 1 saturated heterocycles. The predicted molar refractivity (Wildman–Crippen MR) is 133 cm³/mol. The molecule has 2 amide bonds. The molecular weight excluding hydrogens is 434 g/mol. The van der Waals surface area contributed by atoms with Crippen molar-refractivity contribution in [1.29, 1.82) is 0 Å². The maximum atomic E-state index is 12.2. The summed E-state index contributed by atoms with van der Waals surface area (Å²) in [7, 11) is 0. The Bertz CT molecular complexity index is 1030. The molecule has 0 atom stereocenters. The van der Waals surface area contributed by atoms with Crippen LogP contribution in [0.4, 0.5) is 15.6 Å². The monoisotopic (exact) mass is 465 g/mol. The van der Waals surface area contributed by atoms with Crippen LogP contribution in [0, 0.1) is 12.8 Å². The van der Waals surface area contributed by atoms with Crippen molar-refractivity contribution in [3.05, 3.63) is 65.5 Å². The van der Waals surface area contributed by atoms with Crippen LogP contribution in [0.1, 0.15) is 36.7 Å². The zero-order valence-corrected chi connectivity index (χ0v) is 20.0. The number of aromatic nitrogens is 2. The van der Waals surface area contributed by atoms with Crippen molar-refractivity contribution in [2.45, 2.75) is 33.1 Å². The average molecular weight is 466 g/mol. The summed E-state index contributed by atoms with van der Waals surface area (Å²) in [6.45, 7) is 7.21. The Morgan fingerprint density at radius 3 is 2.55 bits per heavy atom. The Hall–Kier alpha value is -3.13. The van der Waals surface area contributed by atoms with E-state index in [1.54, 1.807) is 0 Å². The van der Waals surface area contributed by atoms with Crippen LogP contribution < -0.4 is 20.3 Å². The van der Waals surface area contributed by atoms with Crippen LogP contribution in [0.5, 0.6) is 5.75 Å². The Balaban J connectivity index is 1.19. The summed E-state index contributed by atoms with van der Waals surface area (Å²) in [6.07, 6.45) is 2.81. The lowest BCUT2D eigenvalue weighted by molar-refractivity contribution is 0.248. The molecule has 33 heavy (non-hydrogen) atoms. The number of anilines is 2. The van der Waals surface area contributed by atoms with Gasteiger partial charge in [0.05, 0.1) is 6.61 Å². The fraction of sp³-hybridized carbons (Fsp3) is 0.400. The SMILES string of the molecule is CCOc1ccc(NC(=O)NCC2CCN(c3nc(Cc4ccc(C)cc4)ns3)CC2)cc1. The third-order valence-electron chi connectivity index (χ3n) is 5.80. The summed E-state index contributed by atoms with van der Waals surface area (Å²) in [6, 6.07) is 15.8. The molecule has 0 radical (unpaired) electrons. The molecule has 1 fully saturated rings. The normalized spacial score (nSPS) is 14.2. The minimum atomic E-state index is -0.175. The number of nitrogens with zero attached hydrogens (tertiary/aromatic N) is 3. The summed E-state index contributed by atoms with van der Waals surface area (Å²) in [5, 5.41) is 6.88. The van der Waals surface area contributed by atoms with Gasteiger partial charge in [-0.1, -0.05) is 29.8 Å². The van der Waals surface area contributed by atoms with Gasteiger partial charge >= 0.3 is 6.03 Å². The van der Waals surface area contributed by atoms with Crippen molar-refractivity contribution in [2.75, 3.05) is 36.5 Å². The van der Waals surface area contributed by atoms with E-state index in [0.717, 1.165) is 54.7 Å². The lowest BCUT2D eigenvalue weighted by Gasteiger charge is -2.31. The quantitative estimate of drug-likeness (QED) is 0.496. The highest BCUT2D eigenvalue weighted by Gasteiger charge is 2.22. The minimum absolute atomic E-state index is 0.175. The number of carbonyl (C=O) groups is 1. The van der Waals surface area contributed by atoms with E-state index in [9.17, 15) is 4.79 Å². The first kappa shape index (κ1) is 23.0. The highest BCUT2D eigenvalue weighted by molar-refractivity contribution is 7.09. The number of hydrogen-bond donors (Lipinski definition) is 2. The predicted octanol–water partition coefficient (Wildman–Crippen LogP) is 4.87. The van der Waals surface area contributed by atoms with E-state index in [4.69, 9.17) is 9.72 Å². The summed E-state index contributed by atoms with van der Waals surface area (Å²) < 4.78 is 9.98. The Morgan fingerprint density at radius 1 is 1.12 bits per heavy atom. The van der Waals surface area contributed by atoms with E-state index in [1.165, 1.54) is 22.7 Å². The molecule has 0 saturated carbocycles. The van der Waals surface area contributed by atoms with E-state index in [1.807, 2.05) is 31.2 Å². The second-order valence-corrected chi connectivity index (χ2v) is 9.11. The molecule has 1 aliphatic rings. The Morgan fingerprint density at radius 2 is 1.85 bits per heavy atom. The van der Waals surface area contributed by atoms with Crippen LogP contribution in [0.25, 0.3) is 0 Å². The van der Waals surface area contributed by atoms with Gasteiger partial charge in [-0.15, -0.1) is 0 Å². The van der Waals surface area contributed by atoms with Crippen LogP contribution in [0.15, 0.2) is 48.5 Å². The van der Waals surface area contributed by atoms with Gasteiger partial charge in [-0.25, -0.2) is 9.78 Å². The molecule has 1 aliphatic heterocycles. The second-order valence-electron chi connectivity index (χ2n) is 8.38. The van der Waals surface area contributed by atoms with Gasteiger partial charge in [0, 0.05) is 43.3 Å². The molecule has 174 valence electrons. The van der Waals surface area contributed by atoms with Gasteiger partial charge in [0.15, 0.2) is 0 Å². The summed E-state index contributed by atoms with van der Waals surface area (Å²) >= 11 is 1.48. The van der Waals surface area contributed by atoms with Crippen molar-refractivity contribution in [1.82, 2.24) is 14.7 Å². The van der Waals surface area contributed by atoms with Gasteiger partial charge in [0.2, 0.25) is 5.13 Å². The second kappa shape index (κ2) is 11.1. The lowest BCUT2D eigenvalue weighted by Crippen LogP contribution is -2.39. The van der Waals surface area contributed by atoms with E-state index in [2.05, 4.69) is 51.1 Å². The van der Waals surface area contributed by atoms with Crippen molar-refractivity contribution >= 4 is 28.4 Å². The zero-order valence-electron chi connectivity index (χ0n) is 19.2. The third-order valence-corrected chi connectivity index (χ3v) is 6.61. The van der Waals surface area contributed by atoms with Gasteiger partial charge in [-0.3, -0.25) is 0 Å². The molecule has 0 unspecified atom stereocenters. The Labute approximate surface area is 199 Å². The molecule has 2 heterocycles. The molecule has 1 aromatic heterocycles. The number of urea groups is 1.